The fraction of sp³-hybridized carbons (Fsp3) is 0.562. The number of hydrogen-bond donors (Lipinski definition) is 1. The van der Waals surface area contributed by atoms with Crippen LogP contribution < -0.4 is 11.1 Å². The van der Waals surface area contributed by atoms with Crippen LogP contribution in [0.4, 0.5) is 0 Å². The Balaban J connectivity index is 1.66. The van der Waals surface area contributed by atoms with Gasteiger partial charge in [-0.1, -0.05) is 12.1 Å². The summed E-state index contributed by atoms with van der Waals surface area (Å²) in [5, 5.41) is 3.26. The number of nitrogens with zero attached hydrogens (tertiary/aromatic N) is 2. The van der Waals surface area contributed by atoms with Gasteiger partial charge in [-0.3, -0.25) is 4.57 Å². The van der Waals surface area contributed by atoms with Gasteiger partial charge in [0.1, 0.15) is 0 Å². The van der Waals surface area contributed by atoms with E-state index in [1.54, 1.807) is 4.57 Å². The average molecular weight is 289 g/mol. The van der Waals surface area contributed by atoms with Crippen molar-refractivity contribution in [2.24, 2.45) is 5.92 Å². The van der Waals surface area contributed by atoms with Gasteiger partial charge in [0.25, 0.3) is 0 Å². The Labute approximate surface area is 124 Å². The van der Waals surface area contributed by atoms with Gasteiger partial charge in [-0.15, -0.1) is 0 Å². The molecule has 2 heterocycles. The molecule has 1 aromatic carbocycles. The lowest BCUT2D eigenvalue weighted by atomic mass is 9.98. The molecule has 5 nitrogen and oxygen atoms in total. The number of rotatable bonds is 5. The molecule has 0 radical (unpaired) electrons. The molecule has 1 N–H and O–H groups in total. The molecule has 1 atom stereocenters. The molecular weight excluding hydrogens is 266 g/mol. The third kappa shape index (κ3) is 3.19. The molecule has 0 spiro atoms. The zero-order chi connectivity index (χ0) is 14.7. The minimum Gasteiger partial charge on any atom is -0.408 e. The number of oxazole rings is 1. The van der Waals surface area contributed by atoms with Crippen LogP contribution in [0.1, 0.15) is 12.8 Å². The van der Waals surface area contributed by atoms with E-state index in [0.717, 1.165) is 37.6 Å². The SMILES string of the molecule is CNCC1CCCN(CCn2c(=O)oc3ccccc32)C1. The summed E-state index contributed by atoms with van der Waals surface area (Å²) in [6, 6.07) is 7.62. The molecule has 2 aromatic rings. The van der Waals surface area contributed by atoms with Gasteiger partial charge in [-0.2, -0.15) is 0 Å². The summed E-state index contributed by atoms with van der Waals surface area (Å²) in [5.74, 6) is 0.474. The van der Waals surface area contributed by atoms with Gasteiger partial charge >= 0.3 is 5.76 Å². The van der Waals surface area contributed by atoms with E-state index in [1.165, 1.54) is 12.8 Å². The van der Waals surface area contributed by atoms with Crippen molar-refractivity contribution in [3.63, 3.8) is 0 Å². The van der Waals surface area contributed by atoms with Crippen molar-refractivity contribution >= 4 is 11.1 Å². The third-order valence-corrected chi connectivity index (χ3v) is 4.31. The van der Waals surface area contributed by atoms with E-state index in [9.17, 15) is 4.79 Å². The molecule has 1 aromatic heterocycles. The average Bonchev–Trinajstić information content (AvgIpc) is 2.81. The first-order valence-electron chi connectivity index (χ1n) is 7.73. The maximum absolute atomic E-state index is 11.9. The first-order valence-corrected chi connectivity index (χ1v) is 7.73. The molecule has 1 saturated heterocycles. The molecule has 1 unspecified atom stereocenters. The molecule has 1 fully saturated rings. The molecule has 0 aliphatic carbocycles. The normalized spacial score (nSPS) is 20.1. The quantitative estimate of drug-likeness (QED) is 0.907. The highest BCUT2D eigenvalue weighted by Gasteiger charge is 2.19. The Morgan fingerprint density at radius 1 is 1.33 bits per heavy atom. The maximum Gasteiger partial charge on any atom is 0.419 e. The summed E-state index contributed by atoms with van der Waals surface area (Å²) in [4.78, 5) is 14.4. The summed E-state index contributed by atoms with van der Waals surface area (Å²) in [6.45, 7) is 4.92. The molecule has 0 bridgehead atoms. The van der Waals surface area contributed by atoms with Crippen LogP contribution in [0.15, 0.2) is 33.5 Å². The highest BCUT2D eigenvalue weighted by atomic mass is 16.4. The van der Waals surface area contributed by atoms with Gasteiger partial charge in [0.2, 0.25) is 0 Å². The minimum atomic E-state index is -0.250. The highest BCUT2D eigenvalue weighted by molar-refractivity contribution is 5.72. The molecule has 114 valence electrons. The van der Waals surface area contributed by atoms with Crippen LogP contribution in [-0.2, 0) is 6.54 Å². The van der Waals surface area contributed by atoms with Crippen molar-refractivity contribution < 1.29 is 4.42 Å². The first kappa shape index (κ1) is 14.4. The van der Waals surface area contributed by atoms with Crippen molar-refractivity contribution in [2.45, 2.75) is 19.4 Å². The van der Waals surface area contributed by atoms with Gasteiger partial charge < -0.3 is 14.6 Å². The molecule has 5 heteroatoms. The zero-order valence-corrected chi connectivity index (χ0v) is 12.5. The van der Waals surface area contributed by atoms with Crippen molar-refractivity contribution in [1.29, 1.82) is 0 Å². The van der Waals surface area contributed by atoms with Crippen molar-refractivity contribution in [3.8, 4) is 0 Å². The summed E-state index contributed by atoms with van der Waals surface area (Å²) >= 11 is 0. The summed E-state index contributed by atoms with van der Waals surface area (Å²) in [5.41, 5.74) is 1.57. The van der Waals surface area contributed by atoms with Crippen LogP contribution in [0.5, 0.6) is 0 Å². The molecule has 0 saturated carbocycles. The third-order valence-electron chi connectivity index (χ3n) is 4.31. The number of nitrogens with one attached hydrogen (secondary N) is 1. The number of hydrogen-bond acceptors (Lipinski definition) is 4. The highest BCUT2D eigenvalue weighted by Crippen LogP contribution is 2.16. The Bertz CT molecular complexity index is 644. The lowest BCUT2D eigenvalue weighted by molar-refractivity contribution is 0.168. The smallest absolute Gasteiger partial charge is 0.408 e. The van der Waals surface area contributed by atoms with Crippen molar-refractivity contribution in [3.05, 3.63) is 34.8 Å². The van der Waals surface area contributed by atoms with E-state index >= 15 is 0 Å². The van der Waals surface area contributed by atoms with E-state index < -0.39 is 0 Å². The van der Waals surface area contributed by atoms with E-state index in [0.29, 0.717) is 12.1 Å². The topological polar surface area (TPSA) is 50.4 Å². The predicted octanol–water partition coefficient (Wildman–Crippen LogP) is 1.53. The van der Waals surface area contributed by atoms with Crippen LogP contribution in [-0.4, -0.2) is 42.7 Å². The van der Waals surface area contributed by atoms with E-state index in [4.69, 9.17) is 4.42 Å². The second-order valence-electron chi connectivity index (χ2n) is 5.85. The zero-order valence-electron chi connectivity index (χ0n) is 12.5. The molecule has 1 aliphatic rings. The van der Waals surface area contributed by atoms with Crippen molar-refractivity contribution in [1.82, 2.24) is 14.8 Å². The number of para-hydroxylation sites is 2. The molecule has 0 amide bonds. The number of piperidine rings is 1. The van der Waals surface area contributed by atoms with E-state index in [-0.39, 0.29) is 5.76 Å². The number of aromatic nitrogens is 1. The monoisotopic (exact) mass is 289 g/mol. The second-order valence-corrected chi connectivity index (χ2v) is 5.85. The molecular formula is C16H23N3O2. The molecule has 21 heavy (non-hydrogen) atoms. The number of benzene rings is 1. The van der Waals surface area contributed by atoms with Gasteiger partial charge in [0.05, 0.1) is 5.52 Å². The lowest BCUT2D eigenvalue weighted by Crippen LogP contribution is -2.40. The van der Waals surface area contributed by atoms with Gasteiger partial charge in [0, 0.05) is 19.6 Å². The summed E-state index contributed by atoms with van der Waals surface area (Å²) in [6.07, 6.45) is 2.54. The Hall–Kier alpha value is -1.59. The van der Waals surface area contributed by atoms with E-state index in [1.807, 2.05) is 31.3 Å². The number of likely N-dealkylation sites (tertiary alicyclic amines) is 1. The fourth-order valence-corrected chi connectivity index (χ4v) is 3.28. The lowest BCUT2D eigenvalue weighted by Gasteiger charge is -2.32. The van der Waals surface area contributed by atoms with Gasteiger partial charge in [0.15, 0.2) is 5.58 Å². The van der Waals surface area contributed by atoms with Crippen LogP contribution in [0.3, 0.4) is 0 Å². The second kappa shape index (κ2) is 6.45. The Morgan fingerprint density at radius 2 is 2.19 bits per heavy atom. The van der Waals surface area contributed by atoms with Crippen molar-refractivity contribution in [2.75, 3.05) is 33.2 Å². The molecule has 3 rings (SSSR count). The van der Waals surface area contributed by atoms with Crippen LogP contribution in [0, 0.1) is 5.92 Å². The summed E-state index contributed by atoms with van der Waals surface area (Å²) < 4.78 is 7.02. The van der Waals surface area contributed by atoms with Crippen LogP contribution in [0.2, 0.25) is 0 Å². The van der Waals surface area contributed by atoms with Gasteiger partial charge in [-0.25, -0.2) is 4.79 Å². The maximum atomic E-state index is 11.9. The minimum absolute atomic E-state index is 0.250. The van der Waals surface area contributed by atoms with Crippen LogP contribution in [0.25, 0.3) is 11.1 Å². The predicted molar refractivity (Wildman–Crippen MR) is 83.6 cm³/mol. The van der Waals surface area contributed by atoms with Crippen LogP contribution >= 0.6 is 0 Å². The van der Waals surface area contributed by atoms with Gasteiger partial charge in [-0.05, 0) is 51.0 Å². The first-order chi connectivity index (χ1) is 10.3. The fourth-order valence-electron chi connectivity index (χ4n) is 3.28. The molecule has 1 aliphatic heterocycles. The Morgan fingerprint density at radius 3 is 3.05 bits per heavy atom. The largest absolute Gasteiger partial charge is 0.419 e. The standard InChI is InChI=1S/C16H23N3O2/c1-17-11-13-5-4-8-18(12-13)9-10-19-14-6-2-3-7-15(14)21-16(19)20/h2-3,6-7,13,17H,4-5,8-12H2,1H3. The van der Waals surface area contributed by atoms with E-state index in [2.05, 4.69) is 10.2 Å². The Kier molecular flexibility index (Phi) is 4.41. The number of fused-ring (bicyclic) bond motifs is 1. The summed E-state index contributed by atoms with van der Waals surface area (Å²) in [7, 11) is 2.01.